The summed E-state index contributed by atoms with van der Waals surface area (Å²) in [5.41, 5.74) is 0.542. The number of para-hydroxylation sites is 1. The first kappa shape index (κ1) is 20.5. The fraction of sp³-hybridized carbons (Fsp3) is 0.211. The van der Waals surface area contributed by atoms with Crippen molar-refractivity contribution in [2.45, 2.75) is 6.92 Å². The molecule has 1 heterocycles. The van der Waals surface area contributed by atoms with Gasteiger partial charge in [0, 0.05) is 22.3 Å². The molecule has 9 heteroatoms. The molecule has 1 amide bonds. The third-order valence-electron chi connectivity index (χ3n) is 3.59. The molecule has 0 atom stereocenters. The summed E-state index contributed by atoms with van der Waals surface area (Å²) in [7, 11) is 0. The average Bonchev–Trinajstić information content (AvgIpc) is 2.66. The molecule has 0 aliphatic carbocycles. The molecule has 146 valence electrons. The Hall–Kier alpha value is -2.22. The highest BCUT2D eigenvalue weighted by Crippen LogP contribution is 2.23. The standard InChI is InChI=1S/C19H18Cl2N4O2S/c1-2-25-11-18(27-16-6-4-3-5-7-16)23-19(24-25)28-12-17(26)22-15-9-13(20)8-14(21)10-15/h3-10H,2,11-12H2,1H3,(H,22,26). The van der Waals surface area contributed by atoms with Crippen LogP contribution in [-0.2, 0) is 4.79 Å². The molecule has 0 unspecified atom stereocenters. The molecule has 1 aliphatic rings. The van der Waals surface area contributed by atoms with Crippen LogP contribution in [0.2, 0.25) is 10.0 Å². The molecule has 0 saturated carbocycles. The number of amidine groups is 1. The van der Waals surface area contributed by atoms with Crippen LogP contribution in [0.3, 0.4) is 0 Å². The molecular weight excluding hydrogens is 419 g/mol. The van der Waals surface area contributed by atoms with E-state index in [9.17, 15) is 4.79 Å². The van der Waals surface area contributed by atoms with E-state index in [1.165, 1.54) is 11.8 Å². The zero-order valence-corrected chi connectivity index (χ0v) is 17.4. The summed E-state index contributed by atoms with van der Waals surface area (Å²) in [5.74, 6) is 1.18. The maximum atomic E-state index is 12.2. The van der Waals surface area contributed by atoms with Crippen molar-refractivity contribution in [3.8, 4) is 5.75 Å². The molecule has 6 nitrogen and oxygen atoms in total. The molecule has 0 radical (unpaired) electrons. The number of nitrogens with zero attached hydrogens (tertiary/aromatic N) is 3. The van der Waals surface area contributed by atoms with Gasteiger partial charge >= 0.3 is 0 Å². The number of halogens is 2. The summed E-state index contributed by atoms with van der Waals surface area (Å²) in [6.07, 6.45) is 0. The minimum Gasteiger partial charge on any atom is -0.441 e. The molecule has 28 heavy (non-hydrogen) atoms. The average molecular weight is 437 g/mol. The van der Waals surface area contributed by atoms with E-state index in [1.807, 2.05) is 42.3 Å². The Morgan fingerprint density at radius 2 is 1.93 bits per heavy atom. The predicted molar refractivity (Wildman–Crippen MR) is 117 cm³/mol. The molecular formula is C19H18Cl2N4O2S. The number of anilines is 1. The number of hydrogen-bond donors (Lipinski definition) is 1. The first-order valence-corrected chi connectivity index (χ1v) is 10.3. The van der Waals surface area contributed by atoms with Crippen LogP contribution in [-0.4, -0.2) is 40.8 Å². The largest absolute Gasteiger partial charge is 0.441 e. The molecule has 1 N–H and O–H groups in total. The topological polar surface area (TPSA) is 66.3 Å². The normalized spacial score (nSPS) is 13.6. The van der Waals surface area contributed by atoms with Crippen molar-refractivity contribution in [1.82, 2.24) is 5.01 Å². The first-order valence-electron chi connectivity index (χ1n) is 8.54. The summed E-state index contributed by atoms with van der Waals surface area (Å²) in [6.45, 7) is 3.17. The Bertz CT molecular complexity index is 886. The lowest BCUT2D eigenvalue weighted by Crippen LogP contribution is -2.33. The van der Waals surface area contributed by atoms with Crippen LogP contribution in [0.4, 0.5) is 5.69 Å². The Kier molecular flexibility index (Phi) is 7.19. The van der Waals surface area contributed by atoms with E-state index in [0.29, 0.717) is 45.6 Å². The van der Waals surface area contributed by atoms with Gasteiger partial charge in [-0.2, -0.15) is 4.99 Å². The number of amides is 1. The lowest BCUT2D eigenvalue weighted by Gasteiger charge is -2.23. The van der Waals surface area contributed by atoms with E-state index in [4.69, 9.17) is 27.9 Å². The smallest absolute Gasteiger partial charge is 0.234 e. The number of likely N-dealkylation sites (N-methyl/N-ethyl adjacent to an activating group) is 1. The van der Waals surface area contributed by atoms with Crippen molar-refractivity contribution in [1.29, 1.82) is 0 Å². The van der Waals surface area contributed by atoms with Crippen LogP contribution in [0.1, 0.15) is 6.92 Å². The molecule has 2 aromatic carbocycles. The van der Waals surface area contributed by atoms with Crippen LogP contribution in [0.15, 0.2) is 58.6 Å². The lowest BCUT2D eigenvalue weighted by molar-refractivity contribution is -0.113. The summed E-state index contributed by atoms with van der Waals surface area (Å²) < 4.78 is 5.83. The SMILES string of the molecule is CCN1CC(Oc2ccccc2)=NC(SCC(=O)Nc2cc(Cl)cc(Cl)c2)=N1. The Morgan fingerprint density at radius 1 is 1.21 bits per heavy atom. The van der Waals surface area contributed by atoms with Crippen molar-refractivity contribution in [3.63, 3.8) is 0 Å². The number of nitrogens with one attached hydrogen (secondary N) is 1. The Labute approximate surface area is 177 Å². The van der Waals surface area contributed by atoms with Crippen molar-refractivity contribution in [3.05, 3.63) is 58.6 Å². The zero-order valence-electron chi connectivity index (χ0n) is 15.1. The van der Waals surface area contributed by atoms with Gasteiger partial charge in [0.15, 0.2) is 0 Å². The van der Waals surface area contributed by atoms with Gasteiger partial charge in [0.25, 0.3) is 0 Å². The molecule has 1 aliphatic heterocycles. The highest BCUT2D eigenvalue weighted by Gasteiger charge is 2.17. The van der Waals surface area contributed by atoms with Crippen LogP contribution in [0.5, 0.6) is 5.75 Å². The second kappa shape index (κ2) is 9.82. The zero-order chi connectivity index (χ0) is 19.9. The third kappa shape index (κ3) is 6.15. The maximum Gasteiger partial charge on any atom is 0.234 e. The van der Waals surface area contributed by atoms with Crippen LogP contribution in [0.25, 0.3) is 0 Å². The molecule has 0 fully saturated rings. The van der Waals surface area contributed by atoms with Gasteiger partial charge < -0.3 is 10.1 Å². The van der Waals surface area contributed by atoms with Crippen LogP contribution >= 0.6 is 35.0 Å². The maximum absolute atomic E-state index is 12.2. The number of hydrazone groups is 1. The van der Waals surface area contributed by atoms with Crippen molar-refractivity contribution < 1.29 is 9.53 Å². The summed E-state index contributed by atoms with van der Waals surface area (Å²) in [4.78, 5) is 16.7. The number of ether oxygens (including phenoxy) is 1. The van der Waals surface area contributed by atoms with Crippen LogP contribution in [0, 0.1) is 0 Å². The minimum absolute atomic E-state index is 0.142. The van der Waals surface area contributed by atoms with E-state index in [2.05, 4.69) is 15.4 Å². The second-order valence-electron chi connectivity index (χ2n) is 5.78. The van der Waals surface area contributed by atoms with Crippen molar-refractivity contribution >= 4 is 57.6 Å². The number of thioether (sulfide) groups is 1. The first-order chi connectivity index (χ1) is 13.5. The van der Waals surface area contributed by atoms with Crippen molar-refractivity contribution in [2.24, 2.45) is 10.1 Å². The van der Waals surface area contributed by atoms with Gasteiger partial charge in [-0.1, -0.05) is 53.2 Å². The van der Waals surface area contributed by atoms with Crippen molar-refractivity contribution in [2.75, 3.05) is 24.2 Å². The Morgan fingerprint density at radius 3 is 2.61 bits per heavy atom. The fourth-order valence-electron chi connectivity index (χ4n) is 2.35. The molecule has 0 aromatic heterocycles. The van der Waals surface area contributed by atoms with Gasteiger partial charge in [0.05, 0.1) is 5.75 Å². The number of aliphatic imine (C=N–C) groups is 1. The quantitative estimate of drug-likeness (QED) is 0.733. The minimum atomic E-state index is -0.208. The summed E-state index contributed by atoms with van der Waals surface area (Å²) in [6, 6.07) is 14.3. The van der Waals surface area contributed by atoms with E-state index < -0.39 is 0 Å². The predicted octanol–water partition coefficient (Wildman–Crippen LogP) is 4.75. The van der Waals surface area contributed by atoms with Gasteiger partial charge in [0.1, 0.15) is 12.3 Å². The number of carbonyl (C=O) groups excluding carboxylic acids is 1. The van der Waals surface area contributed by atoms with Gasteiger partial charge in [-0.15, -0.1) is 5.10 Å². The number of carbonyl (C=O) groups is 1. The highest BCUT2D eigenvalue weighted by molar-refractivity contribution is 8.14. The molecule has 0 saturated heterocycles. The number of rotatable bonds is 5. The van der Waals surface area contributed by atoms with E-state index in [0.717, 1.165) is 0 Å². The summed E-state index contributed by atoms with van der Waals surface area (Å²) >= 11 is 13.1. The molecule has 2 aromatic rings. The van der Waals surface area contributed by atoms with E-state index in [-0.39, 0.29) is 11.7 Å². The fourth-order valence-corrected chi connectivity index (χ4v) is 3.55. The van der Waals surface area contributed by atoms with Gasteiger partial charge in [-0.3, -0.25) is 9.80 Å². The van der Waals surface area contributed by atoms with Crippen LogP contribution < -0.4 is 10.1 Å². The molecule has 0 spiro atoms. The van der Waals surface area contributed by atoms with Gasteiger partial charge in [0.2, 0.25) is 17.0 Å². The lowest BCUT2D eigenvalue weighted by atomic mass is 10.3. The molecule has 3 rings (SSSR count). The molecule has 0 bridgehead atoms. The third-order valence-corrected chi connectivity index (χ3v) is 4.86. The Balaban J connectivity index is 1.61. The second-order valence-corrected chi connectivity index (χ2v) is 7.59. The van der Waals surface area contributed by atoms with E-state index >= 15 is 0 Å². The number of benzene rings is 2. The van der Waals surface area contributed by atoms with E-state index in [1.54, 1.807) is 18.2 Å². The monoisotopic (exact) mass is 436 g/mol. The number of hydrogen-bond acceptors (Lipinski definition) is 6. The van der Waals surface area contributed by atoms with Gasteiger partial charge in [-0.25, -0.2) is 0 Å². The van der Waals surface area contributed by atoms with Gasteiger partial charge in [-0.05, 0) is 37.3 Å². The summed E-state index contributed by atoms with van der Waals surface area (Å²) in [5, 5.41) is 10.4. The highest BCUT2D eigenvalue weighted by atomic mass is 35.5.